The number of aryl methyl sites for hydroxylation is 2. The van der Waals surface area contributed by atoms with Crippen LogP contribution in [0.2, 0.25) is 0 Å². The van der Waals surface area contributed by atoms with E-state index in [2.05, 4.69) is 273 Å². The van der Waals surface area contributed by atoms with Crippen LogP contribution in [0, 0.1) is 41.0 Å². The quantitative estimate of drug-likeness (QED) is 0.0305. The van der Waals surface area contributed by atoms with Gasteiger partial charge in [-0.3, -0.25) is 20.7 Å². The third-order valence-corrected chi connectivity index (χ3v) is 16.1. The number of benzene rings is 6. The summed E-state index contributed by atoms with van der Waals surface area (Å²) >= 11 is 6.67. The second-order valence-electron chi connectivity index (χ2n) is 26.4. The summed E-state index contributed by atoms with van der Waals surface area (Å²) in [5.41, 5.74) is 19.9. The van der Waals surface area contributed by atoms with E-state index in [1.807, 2.05) is 24.3 Å². The molecule has 2 aliphatic rings. The fourth-order valence-corrected chi connectivity index (χ4v) is 11.1. The van der Waals surface area contributed by atoms with Crippen molar-refractivity contribution >= 4 is 59.6 Å². The van der Waals surface area contributed by atoms with E-state index in [-0.39, 0.29) is 61.6 Å². The van der Waals surface area contributed by atoms with Gasteiger partial charge < -0.3 is 61.9 Å². The molecule has 10 nitrogen and oxygen atoms in total. The zero-order valence-corrected chi connectivity index (χ0v) is 71.3. The molecule has 1 N–H and O–H groups in total. The number of carbonyl (C=O) groups excluding carboxylic acids is 3. The molecule has 0 aromatic heterocycles. The molecular weight excluding hydrogens is 1820 g/mol. The maximum atomic E-state index is 11.8. The molecule has 0 atom stereocenters. The van der Waals surface area contributed by atoms with E-state index in [0.29, 0.717) is 84.2 Å². The Morgan fingerprint density at radius 1 is 0.431 bits per heavy atom. The molecule has 0 aliphatic carbocycles. The Labute approximate surface area is 659 Å². The van der Waals surface area contributed by atoms with Gasteiger partial charge in [0.05, 0.1) is 0 Å². The van der Waals surface area contributed by atoms with Crippen LogP contribution < -0.4 is 19.6 Å². The Balaban J connectivity index is -0.00000125. The van der Waals surface area contributed by atoms with Crippen molar-refractivity contribution in [2.24, 2.45) is 0 Å². The number of aliphatic carboxylic acids is 1. The van der Waals surface area contributed by atoms with E-state index >= 15 is 0 Å². The first-order valence-corrected chi connectivity index (χ1v) is 39.1. The molecule has 0 amide bonds. The van der Waals surface area contributed by atoms with Crippen LogP contribution in [0.25, 0.3) is 0 Å². The monoisotopic (exact) mass is 1930 g/mol. The Bertz CT molecular complexity index is 2970. The van der Waals surface area contributed by atoms with E-state index in [0.717, 1.165) is 18.1 Å². The number of carboxylic acids is 1. The Morgan fingerprint density at radius 2 is 0.598 bits per heavy atom. The van der Waals surface area contributed by atoms with Crippen molar-refractivity contribution in [3.8, 4) is 0 Å². The molecule has 0 fully saturated rings. The van der Waals surface area contributed by atoms with Gasteiger partial charge in [0.25, 0.3) is 5.97 Å². The Hall–Kier alpha value is -5.30. The van der Waals surface area contributed by atoms with Crippen molar-refractivity contribution in [3.05, 3.63) is 254 Å². The van der Waals surface area contributed by atoms with E-state index in [1.165, 1.54) is 94.3 Å². The number of ketones is 2. The van der Waals surface area contributed by atoms with Gasteiger partial charge >= 0.3 is 78.6 Å². The number of hydrogen-bond donors (Lipinski definition) is 1. The molecule has 2 aliphatic heterocycles. The minimum absolute atomic E-state index is 0. The molecule has 6 aromatic carbocycles. The first-order chi connectivity index (χ1) is 46.8. The first kappa shape index (κ1) is 101. The summed E-state index contributed by atoms with van der Waals surface area (Å²) in [6.07, 6.45) is 9.17. The van der Waals surface area contributed by atoms with Crippen LogP contribution in [0.4, 0.5) is 40.3 Å². The van der Waals surface area contributed by atoms with Gasteiger partial charge in [-0.15, -0.1) is 26.2 Å². The fraction of sp³-hybridized carbons (Fsp3) is 0.405. The summed E-state index contributed by atoms with van der Waals surface area (Å²) in [6, 6.07) is 41.2. The van der Waals surface area contributed by atoms with Crippen molar-refractivity contribution in [2.75, 3.05) is 19.6 Å². The number of carboxylic acid groups (broad SMARTS) is 1. The van der Waals surface area contributed by atoms with Gasteiger partial charge in [-0.25, -0.2) is 0 Å². The third-order valence-electron chi connectivity index (χ3n) is 16.1. The zero-order valence-electron chi connectivity index (χ0n) is 63.9. The molecule has 8 rings (SSSR count). The van der Waals surface area contributed by atoms with Gasteiger partial charge in [0.2, 0.25) is 0 Å². The molecule has 0 saturated heterocycles. The number of anilines is 4. The molecule has 102 heavy (non-hydrogen) atoms. The summed E-state index contributed by atoms with van der Waals surface area (Å²) in [5.74, 6) is 3.05. The van der Waals surface area contributed by atoms with Gasteiger partial charge in [-0.05, 0) is 154 Å². The van der Waals surface area contributed by atoms with Gasteiger partial charge in [0.1, 0.15) is 0 Å². The number of nitrogens with zero attached hydrogens (tertiary/aromatic N) is 4. The standard InChI is InChI=1S/2C27H37N2.2C12H13F2O.C2H4O2.C2H3O.2CH3.Ag.2Au.BrH.O/c2*1-18(2)22-11-9-12-23(19(3)4)26(22)28-15-16-29(17-28)27-24(20(5)6)13-10-14-25(27)21(7)8;2*1-9(15)11-7-5-10(6-8-11)3-2-4-12(13)14;1-2(3)4;1-2-3;;;;;;;/h2*9-21H,1-8H3;2*5-8H,2-4H2,1H3;1H3,(H,3,4);1H3;2*1H3;;;;1H;/q4*-1;;3*-1;;+1;+3;;/p-1. The van der Waals surface area contributed by atoms with Crippen molar-refractivity contribution in [3.63, 3.8) is 0 Å². The number of carbonyl (C=O) groups is 3. The van der Waals surface area contributed by atoms with Crippen LogP contribution >= 0.6 is 13.0 Å². The van der Waals surface area contributed by atoms with Gasteiger partial charge in [0, 0.05) is 53.7 Å². The fourth-order valence-electron chi connectivity index (χ4n) is 11.1. The van der Waals surface area contributed by atoms with Crippen LogP contribution in [0.15, 0.2) is 146 Å². The maximum absolute atomic E-state index is 11.8. The number of hydrogen-bond acceptors (Lipinski definition) is 9. The molecule has 0 bridgehead atoms. The predicted molar refractivity (Wildman–Crippen MR) is 412 cm³/mol. The van der Waals surface area contributed by atoms with Crippen LogP contribution in [0.3, 0.4) is 0 Å². The van der Waals surface area contributed by atoms with Crippen molar-refractivity contribution < 1.29 is 107 Å². The molecule has 0 spiro atoms. The van der Waals surface area contributed by atoms with Gasteiger partial charge in [-0.2, -0.15) is 6.92 Å². The number of Topliss-reactive ketones (excluding diaryl/α,β-unsaturated/α-hetero) is 2. The predicted octanol–water partition coefficient (Wildman–Crippen LogP) is 25.3. The summed E-state index contributed by atoms with van der Waals surface area (Å²) in [7, 11) is 0. The summed E-state index contributed by atoms with van der Waals surface area (Å²) in [4.78, 5) is 48.9. The SMILES string of the molecule is CC(=O)O.CC(=O)c1ccc(CCC[C-](F)F)cc1.CC(=O)c1ccc(CCC[C-](F)F)cc1.CC(C)c1cccc(C(C)C)c1N1C=CN(c2c(C(C)C)cccc2C(C)C)[CH-]1.CC(C)c1cccc(C(C)C)c1N1C=CN(c2c(C(C)C)cccc2C(C)C)[CH-]1.C[C-]=O.[Au+3].[Br][Au].[CH3-].[CH3-].[O]=[Ag]. The van der Waals surface area contributed by atoms with E-state index < -0.39 is 18.8 Å². The van der Waals surface area contributed by atoms with E-state index in [9.17, 15) is 27.2 Å². The van der Waals surface area contributed by atoms with Crippen LogP contribution in [0.5, 0.6) is 0 Å². The van der Waals surface area contributed by atoms with Crippen molar-refractivity contribution in [2.45, 2.75) is 224 Å². The topological polar surface area (TPSA) is 119 Å². The second kappa shape index (κ2) is 53.5. The molecule has 577 valence electrons. The molecule has 2 heterocycles. The Kier molecular flexibility index (Phi) is 52.9. The molecule has 0 radical (unpaired) electrons. The molecule has 0 unspecified atom stereocenters. The second-order valence-corrected chi connectivity index (χ2v) is 26.4. The van der Waals surface area contributed by atoms with Crippen LogP contribution in [-0.4, -0.2) is 28.9 Å². The third kappa shape index (κ3) is 33.9. The number of rotatable bonds is 22. The van der Waals surface area contributed by atoms with E-state index in [4.69, 9.17) is 17.9 Å². The van der Waals surface area contributed by atoms with Gasteiger partial charge in [-0.1, -0.05) is 245 Å². The zero-order chi connectivity index (χ0) is 75.4. The number of para-hydroxylation sites is 4. The average molecular weight is 1930 g/mol. The summed E-state index contributed by atoms with van der Waals surface area (Å²) in [5, 5.41) is 7.42. The Morgan fingerprint density at radius 3 is 0.735 bits per heavy atom. The van der Waals surface area contributed by atoms with Crippen LogP contribution in [-0.2, 0) is 88.0 Å². The summed E-state index contributed by atoms with van der Waals surface area (Å²) < 4.78 is 55.2. The molecular formula is C84H113AgAu2BrF4N4O6-4. The van der Waals surface area contributed by atoms with Crippen molar-refractivity contribution in [1.82, 2.24) is 0 Å². The molecule has 18 heteroatoms. The number of halogens is 5. The molecule has 0 saturated carbocycles. The normalized spacial score (nSPS) is 11.8. The average Bonchev–Trinajstić information content (AvgIpc) is 1.56. The van der Waals surface area contributed by atoms with E-state index in [1.54, 1.807) is 45.3 Å². The minimum atomic E-state index is -1.52. The van der Waals surface area contributed by atoms with Crippen molar-refractivity contribution in [1.29, 1.82) is 0 Å². The first-order valence-electron chi connectivity index (χ1n) is 33.7. The summed E-state index contributed by atoms with van der Waals surface area (Å²) in [6.45, 7) is 46.5. The van der Waals surface area contributed by atoms with Crippen LogP contribution in [0.1, 0.15) is 288 Å². The van der Waals surface area contributed by atoms with Gasteiger partial charge in [0.15, 0.2) is 11.6 Å². The molecule has 6 aromatic rings.